The number of alkyl halides is 3. The summed E-state index contributed by atoms with van der Waals surface area (Å²) in [6.07, 6.45) is -1.53. The van der Waals surface area contributed by atoms with E-state index >= 15 is 0 Å². The summed E-state index contributed by atoms with van der Waals surface area (Å²) in [5.41, 5.74) is 2.27. The van der Waals surface area contributed by atoms with Gasteiger partial charge in [0, 0.05) is 33.2 Å². The normalized spacial score (nSPS) is 14.2. The smallest absolute Gasteiger partial charge is 0.405 e. The highest BCUT2D eigenvalue weighted by Crippen LogP contribution is 2.32. The molecule has 182 valence electrons. The molecule has 3 N–H and O–H groups in total. The number of hydrogen-bond donors (Lipinski definition) is 3. The first-order valence-electron chi connectivity index (χ1n) is 9.91. The number of aromatic nitrogens is 3. The summed E-state index contributed by atoms with van der Waals surface area (Å²) in [7, 11) is -2.49. The van der Waals surface area contributed by atoms with Gasteiger partial charge in [-0.1, -0.05) is 0 Å². The summed E-state index contributed by atoms with van der Waals surface area (Å²) in [5, 5.41) is 5.53. The van der Waals surface area contributed by atoms with E-state index in [0.717, 1.165) is 5.56 Å². The molecule has 34 heavy (non-hydrogen) atoms. The van der Waals surface area contributed by atoms with Crippen LogP contribution in [0.4, 0.5) is 30.4 Å². The quantitative estimate of drug-likeness (QED) is 0.410. The molecule has 0 radical (unpaired) electrons. The van der Waals surface area contributed by atoms with Crippen LogP contribution in [0.5, 0.6) is 5.88 Å². The van der Waals surface area contributed by atoms with Crippen LogP contribution in [0.15, 0.2) is 36.8 Å². The Kier molecular flexibility index (Phi) is 7.15. The molecule has 13 heteroatoms. The predicted octanol–water partition coefficient (Wildman–Crippen LogP) is 3.20. The van der Waals surface area contributed by atoms with Gasteiger partial charge >= 0.3 is 6.18 Å². The number of benzene rings is 1. The molecule has 3 aromatic rings. The van der Waals surface area contributed by atoms with E-state index in [-0.39, 0.29) is 5.88 Å². The van der Waals surface area contributed by atoms with Crippen molar-refractivity contribution in [3.05, 3.63) is 42.4 Å². The Morgan fingerprint density at radius 3 is 2.68 bits per heavy atom. The highest BCUT2D eigenvalue weighted by atomic mass is 32.2. The average Bonchev–Trinajstić information content (AvgIpc) is 2.71. The zero-order valence-corrected chi connectivity index (χ0v) is 19.4. The Hall–Kier alpha value is -3.61. The fourth-order valence-corrected chi connectivity index (χ4v) is 3.67. The Morgan fingerprint density at radius 1 is 1.26 bits per heavy atom. The molecule has 0 bridgehead atoms. The van der Waals surface area contributed by atoms with Gasteiger partial charge in [-0.15, -0.1) is 0 Å². The van der Waals surface area contributed by atoms with Gasteiger partial charge in [0.05, 0.1) is 5.52 Å². The van der Waals surface area contributed by atoms with E-state index in [4.69, 9.17) is 4.74 Å². The SMILES string of the molecule is C=S(C)(=O)Nc1cc(C)c2c(Nc3cccnc3O[C@H](C)C(=O)NCC(F)(F)F)ncnc2c1. The van der Waals surface area contributed by atoms with Crippen LogP contribution in [-0.2, 0) is 14.5 Å². The Labute approximate surface area is 194 Å². The molecule has 1 amide bonds. The van der Waals surface area contributed by atoms with Crippen LogP contribution in [-0.4, -0.2) is 56.0 Å². The van der Waals surface area contributed by atoms with Crippen molar-refractivity contribution in [1.29, 1.82) is 0 Å². The topological polar surface area (TPSA) is 118 Å². The molecule has 3 rings (SSSR count). The molecule has 9 nitrogen and oxygen atoms in total. The number of pyridine rings is 1. The lowest BCUT2D eigenvalue weighted by Gasteiger charge is -2.18. The summed E-state index contributed by atoms with van der Waals surface area (Å²) in [6, 6.07) is 6.72. The van der Waals surface area contributed by atoms with Crippen molar-refractivity contribution >= 4 is 49.6 Å². The van der Waals surface area contributed by atoms with Crippen molar-refractivity contribution < 1.29 is 26.9 Å². The number of halogens is 3. The number of nitrogens with one attached hydrogen (secondary N) is 3. The van der Waals surface area contributed by atoms with Crippen molar-refractivity contribution in [1.82, 2.24) is 20.3 Å². The summed E-state index contributed by atoms with van der Waals surface area (Å²) in [5.74, 6) is 3.06. The minimum atomic E-state index is -4.53. The van der Waals surface area contributed by atoms with Crippen LogP contribution in [0.25, 0.3) is 10.9 Å². The molecule has 0 saturated heterocycles. The monoisotopic (exact) mass is 496 g/mol. The van der Waals surface area contributed by atoms with Gasteiger partial charge in [-0.25, -0.2) is 19.2 Å². The Bertz CT molecular complexity index is 1310. The van der Waals surface area contributed by atoms with Gasteiger partial charge in [-0.2, -0.15) is 13.2 Å². The second-order valence-electron chi connectivity index (χ2n) is 7.59. The number of anilines is 3. The Balaban J connectivity index is 1.86. The molecular formula is C21H23F3N6O3S. The lowest BCUT2D eigenvalue weighted by molar-refractivity contribution is -0.142. The molecule has 2 heterocycles. The molecular weight excluding hydrogens is 473 g/mol. The summed E-state index contributed by atoms with van der Waals surface area (Å²) >= 11 is 0. The highest BCUT2D eigenvalue weighted by molar-refractivity contribution is 8.00. The molecule has 2 aromatic heterocycles. The summed E-state index contributed by atoms with van der Waals surface area (Å²) in [4.78, 5) is 24.6. The first-order valence-corrected chi connectivity index (χ1v) is 12.0. The van der Waals surface area contributed by atoms with Crippen LogP contribution in [0.2, 0.25) is 0 Å². The maximum Gasteiger partial charge on any atom is 0.405 e. The molecule has 0 aliphatic carbocycles. The second kappa shape index (κ2) is 9.71. The van der Waals surface area contributed by atoms with Gasteiger partial charge in [0.1, 0.15) is 24.4 Å². The van der Waals surface area contributed by atoms with Gasteiger partial charge in [0.25, 0.3) is 5.91 Å². The van der Waals surface area contributed by atoms with E-state index in [9.17, 15) is 22.2 Å². The van der Waals surface area contributed by atoms with Gasteiger partial charge in [-0.05, 0) is 49.5 Å². The number of carbonyl (C=O) groups excluding carboxylic acids is 1. The van der Waals surface area contributed by atoms with Gasteiger partial charge < -0.3 is 20.1 Å². The van der Waals surface area contributed by atoms with Crippen molar-refractivity contribution in [2.24, 2.45) is 0 Å². The van der Waals surface area contributed by atoms with Gasteiger partial charge in [0.2, 0.25) is 5.88 Å². The van der Waals surface area contributed by atoms with Gasteiger partial charge in [0.15, 0.2) is 6.10 Å². The molecule has 0 fully saturated rings. The molecule has 2 atom stereocenters. The third-order valence-electron chi connectivity index (χ3n) is 4.41. The largest absolute Gasteiger partial charge is 0.463 e. The number of nitrogens with zero attached hydrogens (tertiary/aromatic N) is 3. The summed E-state index contributed by atoms with van der Waals surface area (Å²) < 4.78 is 57.5. The maximum absolute atomic E-state index is 12.4. The number of rotatable bonds is 8. The van der Waals surface area contributed by atoms with Crippen LogP contribution in [0.3, 0.4) is 0 Å². The molecule has 1 unspecified atom stereocenters. The van der Waals surface area contributed by atoms with Crippen molar-refractivity contribution in [2.45, 2.75) is 26.1 Å². The first kappa shape index (κ1) is 25.0. The number of aryl methyl sites for hydroxylation is 1. The molecule has 0 aliphatic heterocycles. The molecule has 0 spiro atoms. The number of ether oxygens (including phenoxy) is 1. The number of hydrogen-bond acceptors (Lipinski definition) is 7. The van der Waals surface area contributed by atoms with Crippen molar-refractivity contribution in [2.75, 3.05) is 22.8 Å². The fraction of sp³-hybridized carbons (Fsp3) is 0.286. The van der Waals surface area contributed by atoms with Crippen molar-refractivity contribution in [3.8, 4) is 5.88 Å². The lowest BCUT2D eigenvalue weighted by Crippen LogP contribution is -2.41. The molecule has 1 aromatic carbocycles. The third-order valence-corrected chi connectivity index (χ3v) is 5.08. The first-order chi connectivity index (χ1) is 15.8. The predicted molar refractivity (Wildman–Crippen MR) is 126 cm³/mol. The minimum absolute atomic E-state index is 0.00244. The van der Waals surface area contributed by atoms with E-state index in [1.165, 1.54) is 25.7 Å². The van der Waals surface area contributed by atoms with E-state index in [1.54, 1.807) is 29.6 Å². The van der Waals surface area contributed by atoms with E-state index in [1.807, 2.05) is 6.92 Å². The minimum Gasteiger partial charge on any atom is -0.463 e. The van der Waals surface area contributed by atoms with Crippen LogP contribution in [0, 0.1) is 6.92 Å². The second-order valence-corrected chi connectivity index (χ2v) is 9.80. The maximum atomic E-state index is 12.4. The van der Waals surface area contributed by atoms with Gasteiger partial charge in [-0.3, -0.25) is 4.79 Å². The zero-order chi connectivity index (χ0) is 25.1. The van der Waals surface area contributed by atoms with E-state index < -0.39 is 34.4 Å². The number of amides is 1. The lowest BCUT2D eigenvalue weighted by atomic mass is 10.1. The van der Waals surface area contributed by atoms with Crippen LogP contribution in [0.1, 0.15) is 12.5 Å². The van der Waals surface area contributed by atoms with Crippen molar-refractivity contribution in [3.63, 3.8) is 0 Å². The van der Waals surface area contributed by atoms with Crippen LogP contribution >= 0.6 is 0 Å². The highest BCUT2D eigenvalue weighted by Gasteiger charge is 2.29. The molecule has 0 aliphatic rings. The van der Waals surface area contributed by atoms with Crippen LogP contribution < -0.4 is 20.1 Å². The fourth-order valence-electron chi connectivity index (χ4n) is 3.05. The standard InChI is InChI=1S/C21H23F3N6O3S/c1-12-8-14(30-34(3,4)32)9-16-17(12)18(28-11-27-16)29-15-6-5-7-25-20(15)33-13(2)19(31)26-10-21(22,23)24/h5-9,11,13H,3,10H2,1-2,4H3,(H,26,31)(H,30,32)(H,27,28,29)/t13-,34?/m1/s1. The zero-order valence-electron chi connectivity index (χ0n) is 18.6. The van der Waals surface area contributed by atoms with E-state index in [2.05, 4.69) is 30.9 Å². The Morgan fingerprint density at radius 2 is 2.00 bits per heavy atom. The number of carbonyl (C=O) groups is 1. The average molecular weight is 497 g/mol. The summed E-state index contributed by atoms with van der Waals surface area (Å²) in [6.45, 7) is 1.69. The number of fused-ring (bicyclic) bond motifs is 1. The van der Waals surface area contributed by atoms with E-state index in [0.29, 0.717) is 28.1 Å². The molecule has 0 saturated carbocycles. The third kappa shape index (κ3) is 6.70.